The summed E-state index contributed by atoms with van der Waals surface area (Å²) in [7, 11) is -3.55. The second-order valence-electron chi connectivity index (χ2n) is 5.62. The average molecular weight is 340 g/mol. The summed E-state index contributed by atoms with van der Waals surface area (Å²) in [5.41, 5.74) is 5.40. The van der Waals surface area contributed by atoms with Crippen molar-refractivity contribution in [1.82, 2.24) is 9.29 Å². The van der Waals surface area contributed by atoms with Gasteiger partial charge in [-0.2, -0.15) is 4.31 Å². The van der Waals surface area contributed by atoms with E-state index in [1.54, 1.807) is 6.07 Å². The summed E-state index contributed by atoms with van der Waals surface area (Å²) in [6.45, 7) is 2.19. The van der Waals surface area contributed by atoms with Crippen LogP contribution in [-0.2, 0) is 19.6 Å². The lowest BCUT2D eigenvalue weighted by Gasteiger charge is -2.26. The van der Waals surface area contributed by atoms with E-state index in [0.29, 0.717) is 45.1 Å². The van der Waals surface area contributed by atoms with Crippen molar-refractivity contribution in [1.29, 1.82) is 0 Å². The van der Waals surface area contributed by atoms with Crippen LogP contribution in [0.3, 0.4) is 0 Å². The SMILES string of the molecule is NC(=O)[C@H]1CCCN1c1ccc(S(=O)(=O)N2CCOCC2)cn1. The van der Waals surface area contributed by atoms with Crippen LogP contribution in [-0.4, -0.2) is 62.5 Å². The first kappa shape index (κ1) is 16.2. The molecule has 0 unspecified atom stereocenters. The van der Waals surface area contributed by atoms with Crippen LogP contribution < -0.4 is 10.6 Å². The third-order valence-electron chi connectivity index (χ3n) is 4.20. The number of nitrogens with zero attached hydrogens (tertiary/aromatic N) is 3. The van der Waals surface area contributed by atoms with Gasteiger partial charge in [0, 0.05) is 25.8 Å². The van der Waals surface area contributed by atoms with Gasteiger partial charge in [0.05, 0.1) is 13.2 Å². The standard InChI is InChI=1S/C14H20N4O4S/c15-14(19)12-2-1-5-18(12)13-4-3-11(10-16-13)23(20,21)17-6-8-22-9-7-17/h3-4,10,12H,1-2,5-9H2,(H2,15,19)/t12-/m1/s1. The van der Waals surface area contributed by atoms with Crippen LogP contribution in [0.2, 0.25) is 0 Å². The van der Waals surface area contributed by atoms with E-state index in [2.05, 4.69) is 4.98 Å². The minimum absolute atomic E-state index is 0.151. The van der Waals surface area contributed by atoms with Crippen molar-refractivity contribution >= 4 is 21.7 Å². The maximum atomic E-state index is 12.5. The van der Waals surface area contributed by atoms with Gasteiger partial charge in [-0.1, -0.05) is 0 Å². The summed E-state index contributed by atoms with van der Waals surface area (Å²) in [6.07, 6.45) is 2.91. The van der Waals surface area contributed by atoms with Gasteiger partial charge < -0.3 is 15.4 Å². The van der Waals surface area contributed by atoms with Crippen molar-refractivity contribution in [3.63, 3.8) is 0 Å². The fourth-order valence-corrected chi connectivity index (χ4v) is 4.32. The van der Waals surface area contributed by atoms with Crippen molar-refractivity contribution < 1.29 is 17.9 Å². The molecule has 126 valence electrons. The highest BCUT2D eigenvalue weighted by Crippen LogP contribution is 2.25. The highest BCUT2D eigenvalue weighted by atomic mass is 32.2. The lowest BCUT2D eigenvalue weighted by Crippen LogP contribution is -2.41. The molecule has 0 aromatic carbocycles. The molecule has 2 N–H and O–H groups in total. The van der Waals surface area contributed by atoms with E-state index in [1.807, 2.05) is 4.90 Å². The van der Waals surface area contributed by atoms with Gasteiger partial charge in [-0.15, -0.1) is 0 Å². The maximum Gasteiger partial charge on any atom is 0.244 e. The molecule has 2 saturated heterocycles. The van der Waals surface area contributed by atoms with Gasteiger partial charge in [0.25, 0.3) is 0 Å². The van der Waals surface area contributed by atoms with Crippen molar-refractivity contribution in [2.45, 2.75) is 23.8 Å². The second-order valence-corrected chi connectivity index (χ2v) is 7.56. The molecule has 8 nitrogen and oxygen atoms in total. The van der Waals surface area contributed by atoms with Crippen LogP contribution in [0.5, 0.6) is 0 Å². The van der Waals surface area contributed by atoms with Gasteiger partial charge in [-0.25, -0.2) is 13.4 Å². The van der Waals surface area contributed by atoms with E-state index >= 15 is 0 Å². The van der Waals surface area contributed by atoms with Crippen LogP contribution in [0.1, 0.15) is 12.8 Å². The molecule has 9 heteroatoms. The number of morpholine rings is 1. The Kier molecular flexibility index (Phi) is 4.51. The fourth-order valence-electron chi connectivity index (χ4n) is 2.97. The summed E-state index contributed by atoms with van der Waals surface area (Å²) >= 11 is 0. The topological polar surface area (TPSA) is 106 Å². The number of sulfonamides is 1. The average Bonchev–Trinajstić information content (AvgIpc) is 3.06. The molecule has 1 aromatic rings. The largest absolute Gasteiger partial charge is 0.379 e. The first-order chi connectivity index (χ1) is 11.0. The lowest BCUT2D eigenvalue weighted by atomic mass is 10.2. The van der Waals surface area contributed by atoms with Gasteiger partial charge in [0.15, 0.2) is 0 Å². The first-order valence-electron chi connectivity index (χ1n) is 7.60. The van der Waals surface area contributed by atoms with E-state index in [-0.39, 0.29) is 16.8 Å². The number of aromatic nitrogens is 1. The zero-order chi connectivity index (χ0) is 16.4. The van der Waals surface area contributed by atoms with Crippen LogP contribution in [0, 0.1) is 0 Å². The second kappa shape index (κ2) is 6.42. The molecule has 2 aliphatic rings. The van der Waals surface area contributed by atoms with Crippen LogP contribution in [0.15, 0.2) is 23.2 Å². The van der Waals surface area contributed by atoms with Crippen LogP contribution in [0.25, 0.3) is 0 Å². The highest BCUT2D eigenvalue weighted by Gasteiger charge is 2.31. The number of hydrogen-bond acceptors (Lipinski definition) is 6. The normalized spacial score (nSPS) is 23.1. The number of rotatable bonds is 4. The summed E-state index contributed by atoms with van der Waals surface area (Å²) in [5.74, 6) is 0.196. The summed E-state index contributed by atoms with van der Waals surface area (Å²) in [5, 5.41) is 0. The molecule has 0 spiro atoms. The molecule has 3 heterocycles. The Morgan fingerprint density at radius 3 is 2.61 bits per heavy atom. The van der Waals surface area contributed by atoms with Gasteiger partial charge in [-0.3, -0.25) is 4.79 Å². The number of ether oxygens (including phenoxy) is 1. The fraction of sp³-hybridized carbons (Fsp3) is 0.571. The molecule has 0 radical (unpaired) electrons. The smallest absolute Gasteiger partial charge is 0.244 e. The van der Waals surface area contributed by atoms with E-state index < -0.39 is 10.0 Å². The zero-order valence-corrected chi connectivity index (χ0v) is 13.5. The van der Waals surface area contributed by atoms with Gasteiger partial charge in [0.2, 0.25) is 15.9 Å². The van der Waals surface area contributed by atoms with Gasteiger partial charge in [0.1, 0.15) is 16.8 Å². The minimum Gasteiger partial charge on any atom is -0.379 e. The third kappa shape index (κ3) is 3.17. The molecule has 0 bridgehead atoms. The Hall–Kier alpha value is -1.71. The maximum absolute atomic E-state index is 12.5. The number of hydrogen-bond donors (Lipinski definition) is 1. The minimum atomic E-state index is -3.55. The van der Waals surface area contributed by atoms with E-state index in [4.69, 9.17) is 10.5 Å². The third-order valence-corrected chi connectivity index (χ3v) is 6.09. The quantitative estimate of drug-likeness (QED) is 0.796. The number of amides is 1. The monoisotopic (exact) mass is 340 g/mol. The van der Waals surface area contributed by atoms with Gasteiger partial charge >= 0.3 is 0 Å². The number of nitrogens with two attached hydrogens (primary N) is 1. The van der Waals surface area contributed by atoms with E-state index in [9.17, 15) is 13.2 Å². The summed E-state index contributed by atoms with van der Waals surface area (Å²) in [4.78, 5) is 17.7. The Morgan fingerprint density at radius 2 is 2.00 bits per heavy atom. The molecule has 2 aliphatic heterocycles. The molecular formula is C14H20N4O4S. The molecule has 2 fully saturated rings. The van der Waals surface area contributed by atoms with Gasteiger partial charge in [-0.05, 0) is 25.0 Å². The van der Waals surface area contributed by atoms with Crippen molar-refractivity contribution in [2.24, 2.45) is 5.73 Å². The Labute approximate surface area is 135 Å². The number of primary amides is 1. The molecule has 0 aliphatic carbocycles. The van der Waals surface area contributed by atoms with Crippen molar-refractivity contribution in [3.8, 4) is 0 Å². The molecule has 0 saturated carbocycles. The molecular weight excluding hydrogens is 320 g/mol. The van der Waals surface area contributed by atoms with E-state index in [1.165, 1.54) is 16.6 Å². The Bertz CT molecular complexity index is 671. The first-order valence-corrected chi connectivity index (χ1v) is 9.04. The summed E-state index contributed by atoms with van der Waals surface area (Å²) < 4.78 is 31.6. The van der Waals surface area contributed by atoms with Crippen LogP contribution >= 0.6 is 0 Å². The molecule has 1 amide bonds. The number of carbonyl (C=O) groups excluding carboxylic acids is 1. The predicted molar refractivity (Wildman–Crippen MR) is 83.4 cm³/mol. The highest BCUT2D eigenvalue weighted by molar-refractivity contribution is 7.89. The van der Waals surface area contributed by atoms with E-state index in [0.717, 1.165) is 6.42 Å². The summed E-state index contributed by atoms with van der Waals surface area (Å²) in [6, 6.07) is 2.79. The van der Waals surface area contributed by atoms with Crippen molar-refractivity contribution in [3.05, 3.63) is 18.3 Å². The Balaban J connectivity index is 1.80. The molecule has 23 heavy (non-hydrogen) atoms. The number of carbonyl (C=O) groups is 1. The van der Waals surface area contributed by atoms with Crippen LogP contribution in [0.4, 0.5) is 5.82 Å². The number of anilines is 1. The molecule has 1 aromatic heterocycles. The predicted octanol–water partition coefficient (Wildman–Crippen LogP) is -0.443. The molecule has 3 rings (SSSR count). The molecule has 1 atom stereocenters. The Morgan fingerprint density at radius 1 is 1.26 bits per heavy atom. The lowest BCUT2D eigenvalue weighted by molar-refractivity contribution is -0.119. The number of pyridine rings is 1. The zero-order valence-electron chi connectivity index (χ0n) is 12.7. The van der Waals surface area contributed by atoms with Crippen molar-refractivity contribution in [2.75, 3.05) is 37.7 Å².